The van der Waals surface area contributed by atoms with E-state index in [1.54, 1.807) is 12.1 Å². The van der Waals surface area contributed by atoms with Gasteiger partial charge in [-0.2, -0.15) is 0 Å². The highest BCUT2D eigenvalue weighted by molar-refractivity contribution is 9.11. The molecule has 110 valence electrons. The third kappa shape index (κ3) is 4.06. The number of hydrogen-bond donors (Lipinski definition) is 3. The van der Waals surface area contributed by atoms with Crippen molar-refractivity contribution in [1.82, 2.24) is 5.32 Å². The zero-order chi connectivity index (χ0) is 15.2. The van der Waals surface area contributed by atoms with Crippen LogP contribution in [0.3, 0.4) is 0 Å². The molecule has 0 amide bonds. The van der Waals surface area contributed by atoms with Gasteiger partial charge in [-0.1, -0.05) is 28.1 Å². The summed E-state index contributed by atoms with van der Waals surface area (Å²) in [6.07, 6.45) is 0. The van der Waals surface area contributed by atoms with Crippen LogP contribution in [0, 0.1) is 5.82 Å². The third-order valence-electron chi connectivity index (χ3n) is 2.98. The Balaban J connectivity index is 2.27. The van der Waals surface area contributed by atoms with Crippen LogP contribution in [0.5, 0.6) is 0 Å². The van der Waals surface area contributed by atoms with E-state index in [0.29, 0.717) is 6.54 Å². The molecule has 0 atom stereocenters. The third-order valence-corrected chi connectivity index (χ3v) is 3.70. The van der Waals surface area contributed by atoms with Crippen LogP contribution in [0.1, 0.15) is 5.56 Å². The molecule has 0 aliphatic rings. The zero-order valence-electron chi connectivity index (χ0n) is 11.7. The normalized spacial score (nSPS) is 11.8. The van der Waals surface area contributed by atoms with Crippen LogP contribution in [0.25, 0.3) is 5.70 Å². The van der Waals surface area contributed by atoms with E-state index >= 15 is 0 Å². The number of anilines is 2. The molecule has 0 saturated carbocycles. The fourth-order valence-electron chi connectivity index (χ4n) is 1.99. The van der Waals surface area contributed by atoms with Crippen LogP contribution >= 0.6 is 15.9 Å². The van der Waals surface area contributed by atoms with Crippen LogP contribution in [0.4, 0.5) is 15.8 Å². The molecule has 0 spiro atoms. The van der Waals surface area contributed by atoms with E-state index in [1.165, 1.54) is 12.1 Å². The summed E-state index contributed by atoms with van der Waals surface area (Å²) in [6.45, 7) is 0.422. The lowest BCUT2D eigenvalue weighted by Gasteiger charge is -2.12. The molecule has 0 heterocycles. The van der Waals surface area contributed by atoms with Gasteiger partial charge in [-0.3, -0.25) is 0 Å². The molecule has 0 bridgehead atoms. The molecular formula is C16H17BrFN3. The Morgan fingerprint density at radius 1 is 1.14 bits per heavy atom. The average Bonchev–Trinajstić information content (AvgIpc) is 2.50. The Labute approximate surface area is 132 Å². The van der Waals surface area contributed by atoms with Gasteiger partial charge in [-0.25, -0.2) is 4.39 Å². The van der Waals surface area contributed by atoms with Crippen LogP contribution in [-0.2, 0) is 0 Å². The second-order valence-corrected chi connectivity index (χ2v) is 5.40. The number of hydrogen-bond acceptors (Lipinski definition) is 3. The molecule has 0 aromatic heterocycles. The van der Waals surface area contributed by atoms with Gasteiger partial charge in [0, 0.05) is 35.0 Å². The molecule has 2 aromatic carbocycles. The molecule has 5 heteroatoms. The summed E-state index contributed by atoms with van der Waals surface area (Å²) in [5.74, 6) is -0.249. The van der Waals surface area contributed by atoms with Crippen molar-refractivity contribution in [3.63, 3.8) is 0 Å². The van der Waals surface area contributed by atoms with Gasteiger partial charge >= 0.3 is 0 Å². The summed E-state index contributed by atoms with van der Waals surface area (Å²) in [4.78, 5) is 0. The predicted octanol–water partition coefficient (Wildman–Crippen LogP) is 3.81. The van der Waals surface area contributed by atoms with Crippen molar-refractivity contribution in [1.29, 1.82) is 0 Å². The lowest BCUT2D eigenvalue weighted by molar-refractivity contribution is 0.628. The molecule has 21 heavy (non-hydrogen) atoms. The van der Waals surface area contributed by atoms with Crippen LogP contribution < -0.4 is 16.4 Å². The van der Waals surface area contributed by atoms with E-state index in [1.807, 2.05) is 31.3 Å². The van der Waals surface area contributed by atoms with E-state index < -0.39 is 0 Å². The minimum Gasteiger partial charge on any atom is -0.387 e. The maximum absolute atomic E-state index is 12.9. The highest BCUT2D eigenvalue weighted by Gasteiger charge is 2.05. The molecule has 0 unspecified atom stereocenters. The summed E-state index contributed by atoms with van der Waals surface area (Å²) >= 11 is 3.47. The van der Waals surface area contributed by atoms with Gasteiger partial charge in [0.25, 0.3) is 0 Å². The first kappa shape index (κ1) is 15.5. The molecule has 0 radical (unpaired) electrons. The van der Waals surface area contributed by atoms with Gasteiger partial charge in [0.1, 0.15) is 5.82 Å². The first-order valence-corrected chi connectivity index (χ1v) is 7.33. The Hall–Kier alpha value is -1.85. The fourth-order valence-corrected chi connectivity index (χ4v) is 2.42. The Kier molecular flexibility index (Phi) is 5.36. The minimum absolute atomic E-state index is 0.249. The van der Waals surface area contributed by atoms with E-state index in [0.717, 1.165) is 27.1 Å². The summed E-state index contributed by atoms with van der Waals surface area (Å²) < 4.78 is 13.8. The van der Waals surface area contributed by atoms with Crippen molar-refractivity contribution in [3.8, 4) is 0 Å². The maximum Gasteiger partial charge on any atom is 0.123 e. The van der Waals surface area contributed by atoms with Gasteiger partial charge in [0.05, 0.1) is 5.70 Å². The Morgan fingerprint density at radius 3 is 2.48 bits per heavy atom. The second kappa shape index (κ2) is 7.24. The predicted molar refractivity (Wildman–Crippen MR) is 90.1 cm³/mol. The van der Waals surface area contributed by atoms with Crippen molar-refractivity contribution in [2.45, 2.75) is 0 Å². The highest BCUT2D eigenvalue weighted by atomic mass is 79.9. The quantitative estimate of drug-likeness (QED) is 0.769. The van der Waals surface area contributed by atoms with E-state index in [2.05, 4.69) is 26.6 Å². The largest absolute Gasteiger partial charge is 0.387 e. The van der Waals surface area contributed by atoms with Crippen molar-refractivity contribution < 1.29 is 4.39 Å². The maximum atomic E-state index is 12.9. The van der Waals surface area contributed by atoms with E-state index in [4.69, 9.17) is 5.73 Å². The molecule has 4 N–H and O–H groups in total. The van der Waals surface area contributed by atoms with Crippen LogP contribution in [-0.4, -0.2) is 13.6 Å². The molecule has 0 aliphatic carbocycles. The molecule has 0 saturated heterocycles. The Bertz CT molecular complexity index is 638. The number of nitrogens with one attached hydrogen (secondary N) is 2. The van der Waals surface area contributed by atoms with Crippen molar-refractivity contribution in [2.75, 3.05) is 18.9 Å². The molecule has 2 aromatic rings. The fraction of sp³-hybridized carbons (Fsp3) is 0.125. The lowest BCUT2D eigenvalue weighted by atomic mass is 10.1. The van der Waals surface area contributed by atoms with Gasteiger partial charge in [-0.05, 0) is 36.4 Å². The first-order chi connectivity index (χ1) is 10.1. The monoisotopic (exact) mass is 349 g/mol. The van der Waals surface area contributed by atoms with Crippen molar-refractivity contribution in [3.05, 3.63) is 64.4 Å². The molecule has 2 rings (SSSR count). The minimum atomic E-state index is -0.249. The van der Waals surface area contributed by atoms with Gasteiger partial charge < -0.3 is 16.4 Å². The molecule has 0 fully saturated rings. The zero-order valence-corrected chi connectivity index (χ0v) is 13.2. The van der Waals surface area contributed by atoms with Gasteiger partial charge in [0.2, 0.25) is 0 Å². The summed E-state index contributed by atoms with van der Waals surface area (Å²) in [6, 6.07) is 14.2. The average molecular weight is 350 g/mol. The molecule has 3 nitrogen and oxygen atoms in total. The summed E-state index contributed by atoms with van der Waals surface area (Å²) in [5, 5.41) is 6.39. The van der Waals surface area contributed by atoms with E-state index in [9.17, 15) is 4.39 Å². The standard InChI is InChI=1S/C16H17BrFN3/c1-20-16(15(17)10-19)11-3-2-4-14(9-11)21-13-7-5-12(18)6-8-13/h2-9,20-21H,10,19H2,1H3/b16-15+. The SMILES string of the molecule is CN/C(=C(/Br)CN)c1cccc(Nc2ccc(F)cc2)c1. The summed E-state index contributed by atoms with van der Waals surface area (Å²) in [5.41, 5.74) is 9.38. The van der Waals surface area contributed by atoms with Crippen LogP contribution in [0.15, 0.2) is 53.0 Å². The molecule has 0 aliphatic heterocycles. The first-order valence-electron chi connectivity index (χ1n) is 6.53. The summed E-state index contributed by atoms with van der Waals surface area (Å²) in [7, 11) is 1.85. The topological polar surface area (TPSA) is 50.1 Å². The van der Waals surface area contributed by atoms with Gasteiger partial charge in [0.15, 0.2) is 0 Å². The van der Waals surface area contributed by atoms with Crippen LogP contribution in [0.2, 0.25) is 0 Å². The number of nitrogens with two attached hydrogens (primary N) is 1. The lowest BCUT2D eigenvalue weighted by Crippen LogP contribution is -2.11. The van der Waals surface area contributed by atoms with E-state index in [-0.39, 0.29) is 5.82 Å². The number of benzene rings is 2. The molecular weight excluding hydrogens is 333 g/mol. The number of rotatable bonds is 5. The highest BCUT2D eigenvalue weighted by Crippen LogP contribution is 2.24. The smallest absolute Gasteiger partial charge is 0.123 e. The van der Waals surface area contributed by atoms with Gasteiger partial charge in [-0.15, -0.1) is 0 Å². The number of halogens is 2. The second-order valence-electron chi connectivity index (χ2n) is 4.45. The Morgan fingerprint density at radius 2 is 1.86 bits per heavy atom. The van der Waals surface area contributed by atoms with Crippen molar-refractivity contribution in [2.24, 2.45) is 5.73 Å². The van der Waals surface area contributed by atoms with Crippen molar-refractivity contribution >= 4 is 33.0 Å².